The Morgan fingerprint density at radius 3 is 2.53 bits per heavy atom. The van der Waals surface area contributed by atoms with Crippen LogP contribution in [-0.2, 0) is 0 Å². The smallest absolute Gasteiger partial charge is 0.165 e. The highest BCUT2D eigenvalue weighted by atomic mass is 79.9. The number of hydrogen-bond acceptors (Lipinski definition) is 5. The molecule has 4 aromatic rings. The molecular formula is C24H22BrN5. The second kappa shape index (κ2) is 8.63. The predicted octanol–water partition coefficient (Wildman–Crippen LogP) is 5.79. The van der Waals surface area contributed by atoms with Gasteiger partial charge in [-0.1, -0.05) is 46.3 Å². The van der Waals surface area contributed by atoms with Gasteiger partial charge in [-0.15, -0.1) is 6.58 Å². The molecule has 0 amide bonds. The summed E-state index contributed by atoms with van der Waals surface area (Å²) in [4.78, 5) is 15.9. The van der Waals surface area contributed by atoms with Crippen LogP contribution in [0.15, 0.2) is 78.1 Å². The molecule has 0 aliphatic carbocycles. The van der Waals surface area contributed by atoms with Crippen molar-refractivity contribution in [1.29, 1.82) is 0 Å². The average Bonchev–Trinajstić information content (AvgIpc) is 2.77. The lowest BCUT2D eigenvalue weighted by Gasteiger charge is -2.15. The molecule has 0 saturated carbocycles. The number of nitrogens with zero attached hydrogens (tertiary/aromatic N) is 4. The Morgan fingerprint density at radius 1 is 1.03 bits per heavy atom. The summed E-state index contributed by atoms with van der Waals surface area (Å²) in [6.07, 6.45) is 3.35. The summed E-state index contributed by atoms with van der Waals surface area (Å²) in [5.74, 6) is 0.747. The first-order valence-electron chi connectivity index (χ1n) is 9.61. The van der Waals surface area contributed by atoms with Crippen molar-refractivity contribution in [3.63, 3.8) is 0 Å². The summed E-state index contributed by atoms with van der Waals surface area (Å²) < 4.78 is 1.01. The van der Waals surface area contributed by atoms with Gasteiger partial charge < -0.3 is 10.2 Å². The molecule has 0 atom stereocenters. The molecular weight excluding hydrogens is 438 g/mol. The van der Waals surface area contributed by atoms with E-state index in [9.17, 15) is 0 Å². The monoisotopic (exact) mass is 459 g/mol. The van der Waals surface area contributed by atoms with Crippen molar-refractivity contribution in [3.8, 4) is 22.4 Å². The van der Waals surface area contributed by atoms with Crippen LogP contribution in [-0.4, -0.2) is 35.6 Å². The number of fused-ring (bicyclic) bond motifs is 1. The van der Waals surface area contributed by atoms with Crippen LogP contribution in [0.5, 0.6) is 0 Å². The molecule has 150 valence electrons. The van der Waals surface area contributed by atoms with Crippen LogP contribution >= 0.6 is 15.9 Å². The van der Waals surface area contributed by atoms with Gasteiger partial charge in [0.1, 0.15) is 12.1 Å². The zero-order valence-corrected chi connectivity index (χ0v) is 18.5. The topological polar surface area (TPSA) is 53.9 Å². The molecule has 0 aliphatic rings. The Kier molecular flexibility index (Phi) is 5.77. The van der Waals surface area contributed by atoms with Crippen LogP contribution in [0, 0.1) is 0 Å². The SMILES string of the molecule is C=CCNc1ncnc2nc(-c3ccc(N(C)C)cc3)cc(-c3cccc(Br)c3)c12. The maximum Gasteiger partial charge on any atom is 0.165 e. The van der Waals surface area contributed by atoms with Gasteiger partial charge in [-0.3, -0.25) is 0 Å². The van der Waals surface area contributed by atoms with Crippen LogP contribution in [0.1, 0.15) is 0 Å². The first kappa shape index (κ1) is 20.0. The van der Waals surface area contributed by atoms with Gasteiger partial charge in [0, 0.05) is 36.4 Å². The maximum atomic E-state index is 4.86. The van der Waals surface area contributed by atoms with E-state index < -0.39 is 0 Å². The number of rotatable bonds is 6. The quantitative estimate of drug-likeness (QED) is 0.370. The molecule has 0 saturated heterocycles. The highest BCUT2D eigenvalue weighted by molar-refractivity contribution is 9.10. The number of aromatic nitrogens is 3. The van der Waals surface area contributed by atoms with E-state index in [1.165, 1.54) is 0 Å². The van der Waals surface area contributed by atoms with Gasteiger partial charge in [-0.05, 0) is 41.5 Å². The van der Waals surface area contributed by atoms with Gasteiger partial charge >= 0.3 is 0 Å². The highest BCUT2D eigenvalue weighted by Gasteiger charge is 2.15. The molecule has 2 aromatic carbocycles. The van der Waals surface area contributed by atoms with E-state index in [1.54, 1.807) is 12.4 Å². The van der Waals surface area contributed by atoms with Crippen LogP contribution in [0.25, 0.3) is 33.4 Å². The standard InChI is InChI=1S/C24H22BrN5/c1-4-12-26-23-22-20(17-6-5-7-18(25)13-17)14-21(29-24(22)28-15-27-23)16-8-10-19(11-9-16)30(2)3/h4-11,13-15H,1,12H2,2-3H3,(H,26,27,28,29). The van der Waals surface area contributed by atoms with Crippen molar-refractivity contribution in [2.75, 3.05) is 30.9 Å². The van der Waals surface area contributed by atoms with Gasteiger partial charge in [0.05, 0.1) is 11.1 Å². The Balaban J connectivity index is 1.95. The number of benzene rings is 2. The van der Waals surface area contributed by atoms with Gasteiger partial charge in [-0.2, -0.15) is 0 Å². The molecule has 0 unspecified atom stereocenters. The third kappa shape index (κ3) is 4.04. The molecule has 0 aliphatic heterocycles. The first-order valence-corrected chi connectivity index (χ1v) is 10.4. The minimum atomic E-state index is 0.609. The Morgan fingerprint density at radius 2 is 1.83 bits per heavy atom. The molecule has 0 radical (unpaired) electrons. The molecule has 4 rings (SSSR count). The van der Waals surface area contributed by atoms with Gasteiger partial charge in [0.25, 0.3) is 0 Å². The molecule has 0 bridgehead atoms. The van der Waals surface area contributed by atoms with E-state index in [2.05, 4.69) is 85.2 Å². The third-order valence-electron chi connectivity index (χ3n) is 4.83. The maximum absolute atomic E-state index is 4.86. The molecule has 0 spiro atoms. The van der Waals surface area contributed by atoms with Crippen molar-refractivity contribution in [2.45, 2.75) is 0 Å². The molecule has 0 fully saturated rings. The van der Waals surface area contributed by atoms with E-state index >= 15 is 0 Å². The lowest BCUT2D eigenvalue weighted by atomic mass is 9.99. The Bertz CT molecular complexity index is 1200. The summed E-state index contributed by atoms with van der Waals surface area (Å²) >= 11 is 3.59. The van der Waals surface area contributed by atoms with Crippen molar-refractivity contribution >= 4 is 38.5 Å². The van der Waals surface area contributed by atoms with E-state index in [1.807, 2.05) is 26.2 Å². The number of anilines is 2. The largest absolute Gasteiger partial charge is 0.378 e. The summed E-state index contributed by atoms with van der Waals surface area (Å²) in [5.41, 5.74) is 5.80. The number of pyridine rings is 1. The summed E-state index contributed by atoms with van der Waals surface area (Å²) in [7, 11) is 4.06. The average molecular weight is 460 g/mol. The van der Waals surface area contributed by atoms with E-state index in [0.29, 0.717) is 12.2 Å². The van der Waals surface area contributed by atoms with E-state index in [0.717, 1.165) is 43.7 Å². The van der Waals surface area contributed by atoms with E-state index in [-0.39, 0.29) is 0 Å². The fraction of sp³-hybridized carbons (Fsp3) is 0.125. The minimum absolute atomic E-state index is 0.609. The van der Waals surface area contributed by atoms with Crippen molar-refractivity contribution in [3.05, 3.63) is 78.1 Å². The predicted molar refractivity (Wildman–Crippen MR) is 129 cm³/mol. The molecule has 1 N–H and O–H groups in total. The van der Waals surface area contributed by atoms with Crippen LogP contribution in [0.3, 0.4) is 0 Å². The van der Waals surface area contributed by atoms with Gasteiger partial charge in [0.15, 0.2) is 5.65 Å². The number of nitrogens with one attached hydrogen (secondary N) is 1. The second-order valence-corrected chi connectivity index (χ2v) is 8.01. The number of halogens is 1. The number of hydrogen-bond donors (Lipinski definition) is 1. The molecule has 5 nitrogen and oxygen atoms in total. The lowest BCUT2D eigenvalue weighted by Crippen LogP contribution is -2.08. The summed E-state index contributed by atoms with van der Waals surface area (Å²) in [5, 5.41) is 4.21. The third-order valence-corrected chi connectivity index (χ3v) is 5.33. The molecule has 2 aromatic heterocycles. The van der Waals surface area contributed by atoms with Crippen LogP contribution in [0.2, 0.25) is 0 Å². The minimum Gasteiger partial charge on any atom is -0.378 e. The molecule has 2 heterocycles. The van der Waals surface area contributed by atoms with Gasteiger partial charge in [-0.25, -0.2) is 15.0 Å². The Hall–Kier alpha value is -3.25. The van der Waals surface area contributed by atoms with Gasteiger partial charge in [0.2, 0.25) is 0 Å². The van der Waals surface area contributed by atoms with Crippen molar-refractivity contribution < 1.29 is 0 Å². The highest BCUT2D eigenvalue weighted by Crippen LogP contribution is 2.35. The lowest BCUT2D eigenvalue weighted by molar-refractivity contribution is 1.13. The zero-order chi connectivity index (χ0) is 21.1. The molecule has 6 heteroatoms. The summed E-state index contributed by atoms with van der Waals surface area (Å²) in [6, 6.07) is 18.7. The summed E-state index contributed by atoms with van der Waals surface area (Å²) in [6.45, 7) is 4.40. The van der Waals surface area contributed by atoms with E-state index in [4.69, 9.17) is 4.98 Å². The van der Waals surface area contributed by atoms with Crippen LogP contribution in [0.4, 0.5) is 11.5 Å². The van der Waals surface area contributed by atoms with Crippen molar-refractivity contribution in [1.82, 2.24) is 15.0 Å². The Labute approximate surface area is 184 Å². The zero-order valence-electron chi connectivity index (χ0n) is 16.9. The normalized spacial score (nSPS) is 10.8. The second-order valence-electron chi connectivity index (χ2n) is 7.10. The fourth-order valence-corrected chi connectivity index (χ4v) is 3.73. The fourth-order valence-electron chi connectivity index (χ4n) is 3.33. The van der Waals surface area contributed by atoms with Crippen molar-refractivity contribution in [2.24, 2.45) is 0 Å². The van der Waals surface area contributed by atoms with Crippen LogP contribution < -0.4 is 10.2 Å². The molecule has 30 heavy (non-hydrogen) atoms. The first-order chi connectivity index (χ1) is 14.6.